The van der Waals surface area contributed by atoms with Gasteiger partial charge in [-0.15, -0.1) is 0 Å². The van der Waals surface area contributed by atoms with Gasteiger partial charge in [-0.1, -0.05) is 55.7 Å². The fourth-order valence-corrected chi connectivity index (χ4v) is 3.35. The van der Waals surface area contributed by atoms with Crippen LogP contribution in [0.1, 0.15) is 49.7 Å². The summed E-state index contributed by atoms with van der Waals surface area (Å²) in [5.41, 5.74) is 3.58. The fourth-order valence-electron chi connectivity index (χ4n) is 3.35. The van der Waals surface area contributed by atoms with E-state index in [2.05, 4.69) is 36.4 Å². The highest BCUT2D eigenvalue weighted by molar-refractivity contribution is 5.59. The second-order valence-electron chi connectivity index (χ2n) is 5.03. The molecular formula is C15H18. The van der Waals surface area contributed by atoms with Gasteiger partial charge in [0.15, 0.2) is 0 Å². The van der Waals surface area contributed by atoms with E-state index in [1.54, 1.807) is 5.56 Å². The van der Waals surface area contributed by atoms with Crippen LogP contribution in [0.25, 0.3) is 6.08 Å². The van der Waals surface area contributed by atoms with Crippen LogP contribution >= 0.6 is 0 Å². The summed E-state index contributed by atoms with van der Waals surface area (Å²) in [7, 11) is 0. The lowest BCUT2D eigenvalue weighted by atomic mass is 9.64. The van der Waals surface area contributed by atoms with Crippen molar-refractivity contribution in [2.24, 2.45) is 0 Å². The molecule has 15 heavy (non-hydrogen) atoms. The molecule has 1 spiro atoms. The van der Waals surface area contributed by atoms with Crippen LogP contribution in [0, 0.1) is 0 Å². The minimum Gasteiger partial charge on any atom is -0.0830 e. The summed E-state index contributed by atoms with van der Waals surface area (Å²) in [5, 5.41) is 0. The first-order valence-corrected chi connectivity index (χ1v) is 6.17. The molecule has 0 aliphatic heterocycles. The molecule has 0 bridgehead atoms. The zero-order chi connectivity index (χ0) is 10.1. The van der Waals surface area contributed by atoms with Crippen LogP contribution in [0.15, 0.2) is 30.3 Å². The lowest BCUT2D eigenvalue weighted by Gasteiger charge is -2.40. The van der Waals surface area contributed by atoms with Crippen LogP contribution in [0.2, 0.25) is 0 Å². The van der Waals surface area contributed by atoms with Gasteiger partial charge in [-0.05, 0) is 35.8 Å². The van der Waals surface area contributed by atoms with E-state index in [0.717, 1.165) is 0 Å². The van der Waals surface area contributed by atoms with E-state index in [4.69, 9.17) is 0 Å². The highest BCUT2D eigenvalue weighted by Gasteiger charge is 2.35. The molecule has 1 aromatic rings. The highest BCUT2D eigenvalue weighted by atomic mass is 14.4. The molecule has 0 heteroatoms. The standard InChI is InChI=1S/C15H18/c1-4-10-15(11-5-1)12-6-8-13-7-2-3-9-14(13)15/h2-3,6-9H,1,4-5,10-12H2. The summed E-state index contributed by atoms with van der Waals surface area (Å²) in [4.78, 5) is 0. The lowest BCUT2D eigenvalue weighted by molar-refractivity contribution is 0.293. The minimum atomic E-state index is 0.504. The maximum atomic E-state index is 2.38. The van der Waals surface area contributed by atoms with Crippen molar-refractivity contribution in [3.05, 3.63) is 41.5 Å². The van der Waals surface area contributed by atoms with Gasteiger partial charge < -0.3 is 0 Å². The minimum absolute atomic E-state index is 0.504. The van der Waals surface area contributed by atoms with Gasteiger partial charge in [0, 0.05) is 0 Å². The van der Waals surface area contributed by atoms with Crippen LogP contribution in [0.5, 0.6) is 0 Å². The molecule has 0 saturated heterocycles. The van der Waals surface area contributed by atoms with Gasteiger partial charge in [0.25, 0.3) is 0 Å². The zero-order valence-electron chi connectivity index (χ0n) is 9.21. The van der Waals surface area contributed by atoms with E-state index in [-0.39, 0.29) is 0 Å². The molecule has 0 unspecified atom stereocenters. The molecule has 2 aliphatic carbocycles. The third-order valence-electron chi connectivity index (χ3n) is 4.15. The summed E-state index contributed by atoms with van der Waals surface area (Å²) in [6.45, 7) is 0. The highest BCUT2D eigenvalue weighted by Crippen LogP contribution is 2.46. The van der Waals surface area contributed by atoms with Gasteiger partial charge in [0.1, 0.15) is 0 Å². The van der Waals surface area contributed by atoms with Crippen molar-refractivity contribution in [1.29, 1.82) is 0 Å². The van der Waals surface area contributed by atoms with Gasteiger partial charge in [-0.3, -0.25) is 0 Å². The Hall–Kier alpha value is -1.04. The maximum Gasteiger partial charge on any atom is -0.000651 e. The number of fused-ring (bicyclic) bond motifs is 2. The van der Waals surface area contributed by atoms with E-state index in [0.29, 0.717) is 5.41 Å². The Balaban J connectivity index is 2.08. The van der Waals surface area contributed by atoms with Crippen molar-refractivity contribution in [2.45, 2.75) is 43.9 Å². The maximum absolute atomic E-state index is 2.38. The smallest absolute Gasteiger partial charge is 0.000651 e. The Morgan fingerprint density at radius 3 is 2.60 bits per heavy atom. The Kier molecular flexibility index (Phi) is 2.16. The van der Waals surface area contributed by atoms with Crippen LogP contribution < -0.4 is 0 Å². The monoisotopic (exact) mass is 198 g/mol. The molecule has 78 valence electrons. The number of hydrogen-bond acceptors (Lipinski definition) is 0. The van der Waals surface area contributed by atoms with E-state index < -0.39 is 0 Å². The number of hydrogen-bond donors (Lipinski definition) is 0. The van der Waals surface area contributed by atoms with Crippen molar-refractivity contribution in [3.8, 4) is 0 Å². The quantitative estimate of drug-likeness (QED) is 0.583. The molecule has 0 amide bonds. The van der Waals surface area contributed by atoms with E-state index in [1.165, 1.54) is 44.1 Å². The van der Waals surface area contributed by atoms with Crippen molar-refractivity contribution in [1.82, 2.24) is 0 Å². The molecule has 0 radical (unpaired) electrons. The lowest BCUT2D eigenvalue weighted by Crippen LogP contribution is -2.30. The molecule has 0 aromatic heterocycles. The third kappa shape index (κ3) is 1.43. The van der Waals surface area contributed by atoms with E-state index in [9.17, 15) is 0 Å². The Labute approximate surface area is 92.0 Å². The number of allylic oxidation sites excluding steroid dienone is 1. The molecule has 0 heterocycles. The number of rotatable bonds is 0. The predicted octanol–water partition coefficient (Wildman–Crippen LogP) is 4.31. The topological polar surface area (TPSA) is 0 Å². The first-order valence-electron chi connectivity index (χ1n) is 6.17. The fraction of sp³-hybridized carbons (Fsp3) is 0.467. The molecule has 1 fully saturated rings. The molecule has 1 aromatic carbocycles. The third-order valence-corrected chi connectivity index (χ3v) is 4.15. The SMILES string of the molecule is C1=Cc2ccccc2C2(C1)CCCCC2. The summed E-state index contributed by atoms with van der Waals surface area (Å²) >= 11 is 0. The predicted molar refractivity (Wildman–Crippen MR) is 64.9 cm³/mol. The van der Waals surface area contributed by atoms with E-state index >= 15 is 0 Å². The summed E-state index contributed by atoms with van der Waals surface area (Å²) in [6.07, 6.45) is 13.0. The molecular weight excluding hydrogens is 180 g/mol. The van der Waals surface area contributed by atoms with E-state index in [1.807, 2.05) is 0 Å². The summed E-state index contributed by atoms with van der Waals surface area (Å²) in [5.74, 6) is 0. The summed E-state index contributed by atoms with van der Waals surface area (Å²) in [6, 6.07) is 8.98. The van der Waals surface area contributed by atoms with Crippen molar-refractivity contribution in [3.63, 3.8) is 0 Å². The average molecular weight is 198 g/mol. The molecule has 1 saturated carbocycles. The van der Waals surface area contributed by atoms with Crippen LogP contribution in [-0.4, -0.2) is 0 Å². The zero-order valence-corrected chi connectivity index (χ0v) is 9.21. The van der Waals surface area contributed by atoms with Crippen molar-refractivity contribution < 1.29 is 0 Å². The van der Waals surface area contributed by atoms with Crippen LogP contribution in [0.4, 0.5) is 0 Å². The summed E-state index contributed by atoms with van der Waals surface area (Å²) < 4.78 is 0. The van der Waals surface area contributed by atoms with Gasteiger partial charge in [-0.2, -0.15) is 0 Å². The second-order valence-corrected chi connectivity index (χ2v) is 5.03. The Morgan fingerprint density at radius 2 is 1.73 bits per heavy atom. The Morgan fingerprint density at radius 1 is 0.933 bits per heavy atom. The molecule has 0 N–H and O–H groups in total. The number of benzene rings is 1. The normalized spacial score (nSPS) is 22.7. The van der Waals surface area contributed by atoms with Gasteiger partial charge >= 0.3 is 0 Å². The first kappa shape index (κ1) is 9.21. The van der Waals surface area contributed by atoms with Crippen molar-refractivity contribution in [2.75, 3.05) is 0 Å². The molecule has 0 atom stereocenters. The largest absolute Gasteiger partial charge is 0.0830 e. The van der Waals surface area contributed by atoms with Crippen LogP contribution in [-0.2, 0) is 5.41 Å². The van der Waals surface area contributed by atoms with Gasteiger partial charge in [0.05, 0.1) is 0 Å². The van der Waals surface area contributed by atoms with Gasteiger partial charge in [-0.25, -0.2) is 0 Å². The van der Waals surface area contributed by atoms with Crippen LogP contribution in [0.3, 0.4) is 0 Å². The molecule has 2 aliphatic rings. The Bertz CT molecular complexity index is 381. The van der Waals surface area contributed by atoms with Gasteiger partial charge in [0.2, 0.25) is 0 Å². The van der Waals surface area contributed by atoms with Crippen molar-refractivity contribution >= 4 is 6.08 Å². The average Bonchev–Trinajstić information content (AvgIpc) is 2.31. The molecule has 3 rings (SSSR count). The molecule has 0 nitrogen and oxygen atoms in total. The first-order chi connectivity index (χ1) is 7.41. The second kappa shape index (κ2) is 3.52.